The minimum atomic E-state index is -0.877. The van der Waals surface area contributed by atoms with E-state index in [0.717, 1.165) is 34.5 Å². The first-order chi connectivity index (χ1) is 16.6. The van der Waals surface area contributed by atoms with Crippen molar-refractivity contribution in [2.75, 3.05) is 6.61 Å². The van der Waals surface area contributed by atoms with Gasteiger partial charge in [0.25, 0.3) is 5.56 Å². The molecule has 0 amide bonds. The highest BCUT2D eigenvalue weighted by molar-refractivity contribution is 5.81. The molecule has 0 bridgehead atoms. The van der Waals surface area contributed by atoms with Gasteiger partial charge in [0, 0.05) is 37.5 Å². The predicted molar refractivity (Wildman–Crippen MR) is 136 cm³/mol. The standard InChI is InChI=1S/C27H36N4O4/c1-16(2)15-35-27(34)24(18(4)32)28-12-20-8-9-22-23(11-20)31(13-19-6-7-19)25(29-22)21-10-17(3)26(33)30(5)14-21/h8-11,14,16,18-19,24,28,32H,6-7,12-13,15H2,1-5H3. The molecule has 8 heteroatoms. The number of carbonyl (C=O) groups is 1. The van der Waals surface area contributed by atoms with Crippen molar-refractivity contribution < 1.29 is 14.6 Å². The number of hydrogen-bond acceptors (Lipinski definition) is 6. The number of rotatable bonds is 10. The lowest BCUT2D eigenvalue weighted by Gasteiger charge is -2.21. The maximum absolute atomic E-state index is 12.5. The number of pyridine rings is 1. The minimum absolute atomic E-state index is 0.00782. The number of nitrogens with zero attached hydrogens (tertiary/aromatic N) is 3. The van der Waals surface area contributed by atoms with Crippen LogP contribution in [0, 0.1) is 18.8 Å². The van der Waals surface area contributed by atoms with Gasteiger partial charge in [-0.15, -0.1) is 0 Å². The van der Waals surface area contributed by atoms with Gasteiger partial charge in [0.2, 0.25) is 0 Å². The Kier molecular flexibility index (Phi) is 7.42. The van der Waals surface area contributed by atoms with Gasteiger partial charge < -0.3 is 19.0 Å². The predicted octanol–water partition coefficient (Wildman–Crippen LogP) is 3.16. The Morgan fingerprint density at radius 1 is 1.26 bits per heavy atom. The minimum Gasteiger partial charge on any atom is -0.464 e. The molecule has 1 fully saturated rings. The van der Waals surface area contributed by atoms with Gasteiger partial charge in [-0.2, -0.15) is 0 Å². The number of aliphatic hydroxyl groups excluding tert-OH is 1. The summed E-state index contributed by atoms with van der Waals surface area (Å²) < 4.78 is 9.19. The molecule has 0 saturated heterocycles. The van der Waals surface area contributed by atoms with Crippen LogP contribution in [0.25, 0.3) is 22.4 Å². The second-order valence-corrected chi connectivity index (χ2v) is 10.3. The summed E-state index contributed by atoms with van der Waals surface area (Å²) in [5, 5.41) is 13.3. The number of nitrogens with one attached hydrogen (secondary N) is 1. The molecule has 35 heavy (non-hydrogen) atoms. The zero-order valence-corrected chi connectivity index (χ0v) is 21.2. The van der Waals surface area contributed by atoms with Gasteiger partial charge in [-0.3, -0.25) is 14.9 Å². The van der Waals surface area contributed by atoms with Gasteiger partial charge in [0.15, 0.2) is 0 Å². The van der Waals surface area contributed by atoms with E-state index in [4.69, 9.17) is 9.72 Å². The van der Waals surface area contributed by atoms with E-state index >= 15 is 0 Å². The lowest BCUT2D eigenvalue weighted by Crippen LogP contribution is -2.45. The number of aryl methyl sites for hydroxylation is 2. The van der Waals surface area contributed by atoms with E-state index in [-0.39, 0.29) is 11.5 Å². The van der Waals surface area contributed by atoms with E-state index in [1.807, 2.05) is 45.2 Å². The van der Waals surface area contributed by atoms with Crippen LogP contribution in [0.4, 0.5) is 0 Å². The number of imidazole rings is 1. The van der Waals surface area contributed by atoms with E-state index in [2.05, 4.69) is 16.0 Å². The molecule has 2 unspecified atom stereocenters. The summed E-state index contributed by atoms with van der Waals surface area (Å²) in [7, 11) is 1.77. The van der Waals surface area contributed by atoms with E-state index in [9.17, 15) is 14.7 Å². The third-order valence-electron chi connectivity index (χ3n) is 6.39. The maximum atomic E-state index is 12.5. The molecule has 0 aliphatic heterocycles. The Morgan fingerprint density at radius 2 is 2.00 bits per heavy atom. The van der Waals surface area contributed by atoms with Gasteiger partial charge in [-0.25, -0.2) is 4.98 Å². The molecule has 2 heterocycles. The summed E-state index contributed by atoms with van der Waals surface area (Å²) in [5.41, 5.74) is 4.50. The average molecular weight is 481 g/mol. The first-order valence-corrected chi connectivity index (χ1v) is 12.4. The lowest BCUT2D eigenvalue weighted by molar-refractivity contribution is -0.150. The fraction of sp³-hybridized carbons (Fsp3) is 0.519. The Labute approximate surface area is 205 Å². The number of benzene rings is 1. The van der Waals surface area contributed by atoms with Crippen molar-refractivity contribution in [2.24, 2.45) is 18.9 Å². The van der Waals surface area contributed by atoms with Gasteiger partial charge in [-0.1, -0.05) is 19.9 Å². The summed E-state index contributed by atoms with van der Waals surface area (Å²) in [6.07, 6.45) is 3.39. The molecule has 188 valence electrons. The second kappa shape index (κ2) is 10.3. The SMILES string of the molecule is Cc1cc(-c2nc3ccc(CNC(C(=O)OCC(C)C)C(C)O)cc3n2CC2CC2)cn(C)c1=O. The van der Waals surface area contributed by atoms with E-state index in [1.54, 1.807) is 18.5 Å². The highest BCUT2D eigenvalue weighted by Crippen LogP contribution is 2.34. The molecule has 2 N–H and O–H groups in total. The van der Waals surface area contributed by atoms with Crippen molar-refractivity contribution in [3.63, 3.8) is 0 Å². The average Bonchev–Trinajstić information content (AvgIpc) is 3.55. The Balaban J connectivity index is 1.63. The lowest BCUT2D eigenvalue weighted by atomic mass is 10.1. The number of hydrogen-bond donors (Lipinski definition) is 2. The van der Waals surface area contributed by atoms with E-state index in [0.29, 0.717) is 24.6 Å². The van der Waals surface area contributed by atoms with Gasteiger partial charge in [-0.05, 0) is 62.3 Å². The van der Waals surface area contributed by atoms with Crippen LogP contribution in [0.5, 0.6) is 0 Å². The first-order valence-electron chi connectivity index (χ1n) is 12.4. The van der Waals surface area contributed by atoms with E-state index < -0.39 is 18.1 Å². The molecule has 3 aromatic rings. The number of aromatic nitrogens is 3. The molecule has 2 atom stereocenters. The smallest absolute Gasteiger partial charge is 0.325 e. The van der Waals surface area contributed by atoms with Crippen LogP contribution in [0.2, 0.25) is 0 Å². The maximum Gasteiger partial charge on any atom is 0.325 e. The third kappa shape index (κ3) is 5.82. The molecule has 0 radical (unpaired) electrons. The molecule has 1 aromatic carbocycles. The number of ether oxygens (including phenoxy) is 1. The molecule has 2 aromatic heterocycles. The van der Waals surface area contributed by atoms with Crippen LogP contribution >= 0.6 is 0 Å². The first kappa shape index (κ1) is 25.1. The van der Waals surface area contributed by atoms with Crippen LogP contribution in [0.1, 0.15) is 44.7 Å². The highest BCUT2D eigenvalue weighted by Gasteiger charge is 2.27. The van der Waals surface area contributed by atoms with Crippen molar-refractivity contribution in [3.8, 4) is 11.4 Å². The van der Waals surface area contributed by atoms with Crippen molar-refractivity contribution >= 4 is 17.0 Å². The fourth-order valence-electron chi connectivity index (χ4n) is 4.26. The molecule has 1 aliphatic carbocycles. The summed E-state index contributed by atoms with van der Waals surface area (Å²) in [6.45, 7) is 8.97. The van der Waals surface area contributed by atoms with Crippen LogP contribution in [0.15, 0.2) is 35.3 Å². The van der Waals surface area contributed by atoms with Crippen molar-refractivity contribution in [2.45, 2.75) is 65.8 Å². The molecule has 1 saturated carbocycles. The number of esters is 1. The molecular formula is C27H36N4O4. The molecule has 8 nitrogen and oxygen atoms in total. The second-order valence-electron chi connectivity index (χ2n) is 10.3. The summed E-state index contributed by atoms with van der Waals surface area (Å²) in [4.78, 5) is 29.6. The summed E-state index contributed by atoms with van der Waals surface area (Å²) in [5.74, 6) is 1.28. The quantitative estimate of drug-likeness (QED) is 0.433. The summed E-state index contributed by atoms with van der Waals surface area (Å²) >= 11 is 0. The number of fused-ring (bicyclic) bond motifs is 1. The highest BCUT2D eigenvalue weighted by atomic mass is 16.5. The number of carbonyl (C=O) groups excluding carboxylic acids is 1. The normalized spacial score (nSPS) is 15.5. The van der Waals surface area contributed by atoms with Crippen LogP contribution in [0.3, 0.4) is 0 Å². The third-order valence-corrected chi connectivity index (χ3v) is 6.39. The van der Waals surface area contributed by atoms with E-state index in [1.165, 1.54) is 12.8 Å². The molecule has 4 rings (SSSR count). The Hall–Kier alpha value is -2.97. The monoisotopic (exact) mass is 480 g/mol. The van der Waals surface area contributed by atoms with Gasteiger partial charge in [0.1, 0.15) is 11.9 Å². The molecular weight excluding hydrogens is 444 g/mol. The number of aliphatic hydroxyl groups is 1. The largest absolute Gasteiger partial charge is 0.464 e. The van der Waals surface area contributed by atoms with Crippen LogP contribution < -0.4 is 10.9 Å². The van der Waals surface area contributed by atoms with Crippen molar-refractivity contribution in [3.05, 3.63) is 51.9 Å². The van der Waals surface area contributed by atoms with Crippen LogP contribution in [-0.2, 0) is 29.7 Å². The Bertz CT molecular complexity index is 1240. The summed E-state index contributed by atoms with van der Waals surface area (Å²) in [6, 6.07) is 7.17. The fourth-order valence-corrected chi connectivity index (χ4v) is 4.26. The zero-order chi connectivity index (χ0) is 25.3. The van der Waals surface area contributed by atoms with Gasteiger partial charge in [0.05, 0.1) is 23.7 Å². The molecule has 0 spiro atoms. The van der Waals surface area contributed by atoms with Crippen LogP contribution in [-0.4, -0.2) is 43.9 Å². The zero-order valence-electron chi connectivity index (χ0n) is 21.2. The molecule has 1 aliphatic rings. The van der Waals surface area contributed by atoms with Crippen molar-refractivity contribution in [1.82, 2.24) is 19.4 Å². The van der Waals surface area contributed by atoms with Gasteiger partial charge >= 0.3 is 5.97 Å². The topological polar surface area (TPSA) is 98.4 Å². The van der Waals surface area contributed by atoms with Crippen molar-refractivity contribution in [1.29, 1.82) is 0 Å². The Morgan fingerprint density at radius 3 is 2.63 bits per heavy atom.